The van der Waals surface area contributed by atoms with Crippen molar-refractivity contribution in [1.29, 1.82) is 0 Å². The van der Waals surface area contributed by atoms with Gasteiger partial charge in [0, 0.05) is 23.9 Å². The minimum Gasteiger partial charge on any atom is -0.327 e. The number of nitrogens with two attached hydrogens (primary N) is 1. The molecule has 64 valence electrons. The molecule has 0 saturated heterocycles. The molecule has 2 rings (SSSR count). The van der Waals surface area contributed by atoms with Gasteiger partial charge in [-0.15, -0.1) is 0 Å². The van der Waals surface area contributed by atoms with Crippen LogP contribution in [0, 0.1) is 0 Å². The van der Waals surface area contributed by atoms with E-state index in [0.717, 1.165) is 0 Å². The van der Waals surface area contributed by atoms with Crippen LogP contribution in [0.2, 0.25) is 0 Å². The summed E-state index contributed by atoms with van der Waals surface area (Å²) in [4.78, 5) is 8.01. The fraction of sp³-hybridized carbons (Fsp3) is 0.556. The lowest BCUT2D eigenvalue weighted by Crippen LogP contribution is -2.31. The standard InChI is InChI=1S/C9H13N3/c1-7(10)9(2-3-9)8-4-11-6-12-5-8/h4-7H,2-3,10H2,1H3. The Kier molecular flexibility index (Phi) is 1.61. The van der Waals surface area contributed by atoms with Crippen LogP contribution in [0.15, 0.2) is 18.7 Å². The zero-order valence-electron chi connectivity index (χ0n) is 7.20. The summed E-state index contributed by atoms with van der Waals surface area (Å²) in [6, 6.07) is 0.212. The molecule has 1 unspecified atom stereocenters. The summed E-state index contributed by atoms with van der Waals surface area (Å²) in [6.07, 6.45) is 7.67. The normalized spacial score (nSPS) is 21.8. The van der Waals surface area contributed by atoms with Gasteiger partial charge in [-0.05, 0) is 25.3 Å². The van der Waals surface area contributed by atoms with Crippen molar-refractivity contribution < 1.29 is 0 Å². The van der Waals surface area contributed by atoms with E-state index in [4.69, 9.17) is 5.73 Å². The molecule has 0 radical (unpaired) electrons. The van der Waals surface area contributed by atoms with E-state index in [2.05, 4.69) is 16.9 Å². The van der Waals surface area contributed by atoms with Crippen molar-refractivity contribution in [1.82, 2.24) is 9.97 Å². The van der Waals surface area contributed by atoms with Gasteiger partial charge in [0.05, 0.1) is 0 Å². The molecule has 0 spiro atoms. The first-order valence-electron chi connectivity index (χ1n) is 4.27. The Labute approximate surface area is 72.0 Å². The van der Waals surface area contributed by atoms with E-state index in [-0.39, 0.29) is 11.5 Å². The van der Waals surface area contributed by atoms with E-state index < -0.39 is 0 Å². The first kappa shape index (κ1) is 7.68. The molecule has 2 N–H and O–H groups in total. The molecule has 3 heteroatoms. The number of hydrogen-bond acceptors (Lipinski definition) is 3. The van der Waals surface area contributed by atoms with E-state index in [1.165, 1.54) is 18.4 Å². The summed E-state index contributed by atoms with van der Waals surface area (Å²) in [7, 11) is 0. The van der Waals surface area contributed by atoms with Gasteiger partial charge in [-0.3, -0.25) is 0 Å². The monoisotopic (exact) mass is 163 g/mol. The summed E-state index contributed by atoms with van der Waals surface area (Å²) in [5, 5.41) is 0. The van der Waals surface area contributed by atoms with E-state index in [9.17, 15) is 0 Å². The third-order valence-electron chi connectivity index (χ3n) is 2.80. The van der Waals surface area contributed by atoms with Gasteiger partial charge in [0.1, 0.15) is 6.33 Å². The van der Waals surface area contributed by atoms with E-state index in [0.29, 0.717) is 0 Å². The molecule has 1 saturated carbocycles. The highest BCUT2D eigenvalue weighted by atomic mass is 14.8. The van der Waals surface area contributed by atoms with Crippen LogP contribution in [-0.4, -0.2) is 16.0 Å². The van der Waals surface area contributed by atoms with Gasteiger partial charge in [-0.1, -0.05) is 0 Å². The van der Waals surface area contributed by atoms with Crippen molar-refractivity contribution in [2.75, 3.05) is 0 Å². The first-order valence-corrected chi connectivity index (χ1v) is 4.27. The van der Waals surface area contributed by atoms with Crippen LogP contribution in [-0.2, 0) is 5.41 Å². The number of aromatic nitrogens is 2. The lowest BCUT2D eigenvalue weighted by Gasteiger charge is -2.18. The van der Waals surface area contributed by atoms with Crippen molar-refractivity contribution in [3.05, 3.63) is 24.3 Å². The van der Waals surface area contributed by atoms with E-state index in [1.807, 2.05) is 12.4 Å². The molecule has 0 aliphatic heterocycles. The molecule has 1 fully saturated rings. The van der Waals surface area contributed by atoms with Crippen molar-refractivity contribution in [3.63, 3.8) is 0 Å². The lowest BCUT2D eigenvalue weighted by molar-refractivity contribution is 0.552. The molecule has 1 atom stereocenters. The van der Waals surface area contributed by atoms with Crippen LogP contribution in [0.25, 0.3) is 0 Å². The minimum absolute atomic E-state index is 0.196. The Balaban J connectivity index is 2.31. The van der Waals surface area contributed by atoms with Gasteiger partial charge in [-0.2, -0.15) is 0 Å². The fourth-order valence-corrected chi connectivity index (χ4v) is 1.70. The predicted molar refractivity (Wildman–Crippen MR) is 46.6 cm³/mol. The van der Waals surface area contributed by atoms with Crippen molar-refractivity contribution in [3.8, 4) is 0 Å². The van der Waals surface area contributed by atoms with Gasteiger partial charge < -0.3 is 5.73 Å². The molecule has 0 bridgehead atoms. The van der Waals surface area contributed by atoms with Gasteiger partial charge >= 0.3 is 0 Å². The average molecular weight is 163 g/mol. The van der Waals surface area contributed by atoms with Crippen LogP contribution in [0.1, 0.15) is 25.3 Å². The topological polar surface area (TPSA) is 51.8 Å². The minimum atomic E-state index is 0.196. The number of hydrogen-bond donors (Lipinski definition) is 1. The smallest absolute Gasteiger partial charge is 0.115 e. The third kappa shape index (κ3) is 1.01. The molecule has 1 aromatic heterocycles. The zero-order chi connectivity index (χ0) is 8.60. The van der Waals surface area contributed by atoms with Gasteiger partial charge in [0.15, 0.2) is 0 Å². The maximum absolute atomic E-state index is 5.91. The summed E-state index contributed by atoms with van der Waals surface area (Å²) in [5.41, 5.74) is 7.30. The second kappa shape index (κ2) is 2.52. The van der Waals surface area contributed by atoms with Gasteiger partial charge in [0.2, 0.25) is 0 Å². The molecule has 1 aromatic rings. The lowest BCUT2D eigenvalue weighted by atomic mass is 9.92. The summed E-state index contributed by atoms with van der Waals surface area (Å²) >= 11 is 0. The van der Waals surface area contributed by atoms with Crippen molar-refractivity contribution in [2.24, 2.45) is 5.73 Å². The molecule has 12 heavy (non-hydrogen) atoms. The molecular weight excluding hydrogens is 150 g/mol. The Morgan fingerprint density at radius 3 is 2.42 bits per heavy atom. The molecule has 0 aromatic carbocycles. The van der Waals surface area contributed by atoms with Crippen molar-refractivity contribution in [2.45, 2.75) is 31.2 Å². The van der Waals surface area contributed by atoms with Crippen LogP contribution in [0.3, 0.4) is 0 Å². The number of rotatable bonds is 2. The van der Waals surface area contributed by atoms with Crippen LogP contribution in [0.5, 0.6) is 0 Å². The maximum Gasteiger partial charge on any atom is 0.115 e. The molecule has 0 amide bonds. The average Bonchev–Trinajstić information content (AvgIpc) is 2.86. The molecule has 1 heterocycles. The van der Waals surface area contributed by atoms with E-state index >= 15 is 0 Å². The molecular formula is C9H13N3. The maximum atomic E-state index is 5.91. The molecule has 1 aliphatic rings. The SMILES string of the molecule is CC(N)C1(c2cncnc2)CC1. The van der Waals surface area contributed by atoms with Gasteiger partial charge in [-0.25, -0.2) is 9.97 Å². The molecule has 3 nitrogen and oxygen atoms in total. The quantitative estimate of drug-likeness (QED) is 0.703. The van der Waals surface area contributed by atoms with Crippen LogP contribution in [0.4, 0.5) is 0 Å². The number of nitrogens with zero attached hydrogens (tertiary/aromatic N) is 2. The second-order valence-electron chi connectivity index (χ2n) is 3.57. The van der Waals surface area contributed by atoms with Crippen molar-refractivity contribution >= 4 is 0 Å². The fourth-order valence-electron chi connectivity index (χ4n) is 1.70. The highest BCUT2D eigenvalue weighted by Crippen LogP contribution is 2.49. The second-order valence-corrected chi connectivity index (χ2v) is 3.57. The van der Waals surface area contributed by atoms with Crippen LogP contribution < -0.4 is 5.73 Å². The van der Waals surface area contributed by atoms with E-state index in [1.54, 1.807) is 6.33 Å². The predicted octanol–water partition coefficient (Wildman–Crippen LogP) is 0.855. The Morgan fingerprint density at radius 2 is 2.00 bits per heavy atom. The Morgan fingerprint density at radius 1 is 1.42 bits per heavy atom. The summed E-state index contributed by atoms with van der Waals surface area (Å²) < 4.78 is 0. The highest BCUT2D eigenvalue weighted by Gasteiger charge is 2.47. The zero-order valence-corrected chi connectivity index (χ0v) is 7.20. The largest absolute Gasteiger partial charge is 0.327 e. The highest BCUT2D eigenvalue weighted by molar-refractivity contribution is 5.28. The first-order chi connectivity index (χ1) is 5.76. The van der Waals surface area contributed by atoms with Crippen LogP contribution >= 0.6 is 0 Å². The third-order valence-corrected chi connectivity index (χ3v) is 2.80. The molecule has 1 aliphatic carbocycles. The van der Waals surface area contributed by atoms with Gasteiger partial charge in [0.25, 0.3) is 0 Å². The summed E-state index contributed by atoms with van der Waals surface area (Å²) in [6.45, 7) is 2.06. The Hall–Kier alpha value is -0.960. The summed E-state index contributed by atoms with van der Waals surface area (Å²) in [5.74, 6) is 0. The Bertz CT molecular complexity index is 264.